The minimum atomic E-state index is -0.642. The zero-order chi connectivity index (χ0) is 17.4. The molecular weight excluding hydrogens is 321 g/mol. The lowest BCUT2D eigenvalue weighted by molar-refractivity contribution is -0.123. The summed E-state index contributed by atoms with van der Waals surface area (Å²) < 4.78 is 14.8. The second-order valence-electron chi connectivity index (χ2n) is 6.07. The molecule has 2 N–H and O–H groups in total. The van der Waals surface area contributed by atoms with Gasteiger partial charge >= 0.3 is 0 Å². The lowest BCUT2D eigenvalue weighted by Crippen LogP contribution is -2.52. The van der Waals surface area contributed by atoms with Gasteiger partial charge in [0.1, 0.15) is 17.6 Å². The van der Waals surface area contributed by atoms with Gasteiger partial charge in [-0.15, -0.1) is 0 Å². The van der Waals surface area contributed by atoms with Crippen LogP contribution in [0, 0.1) is 5.82 Å². The van der Waals surface area contributed by atoms with Crippen LogP contribution in [0.15, 0.2) is 54.6 Å². The van der Waals surface area contributed by atoms with Crippen LogP contribution in [0.25, 0.3) is 10.9 Å². The summed E-state index contributed by atoms with van der Waals surface area (Å²) in [5.41, 5.74) is 2.29. The van der Waals surface area contributed by atoms with Gasteiger partial charge in [0, 0.05) is 17.4 Å². The Bertz CT molecular complexity index is 962. The van der Waals surface area contributed by atoms with Gasteiger partial charge in [-0.2, -0.15) is 0 Å². The Morgan fingerprint density at radius 3 is 2.76 bits per heavy atom. The summed E-state index contributed by atoms with van der Waals surface area (Å²) in [6, 6.07) is 14.8. The number of halogens is 1. The average Bonchev–Trinajstić information content (AvgIpc) is 3.00. The van der Waals surface area contributed by atoms with Gasteiger partial charge in [-0.3, -0.25) is 9.59 Å². The second kappa shape index (κ2) is 6.05. The lowest BCUT2D eigenvalue weighted by atomic mass is 10.1. The van der Waals surface area contributed by atoms with Crippen molar-refractivity contribution in [3.8, 4) is 0 Å². The molecule has 0 saturated carbocycles. The molecule has 6 heteroatoms. The van der Waals surface area contributed by atoms with E-state index in [9.17, 15) is 14.0 Å². The molecule has 2 aromatic carbocycles. The summed E-state index contributed by atoms with van der Waals surface area (Å²) in [7, 11) is 0. The number of benzene rings is 2. The molecule has 0 bridgehead atoms. The number of para-hydroxylation sites is 1. The highest BCUT2D eigenvalue weighted by atomic mass is 19.1. The Morgan fingerprint density at radius 1 is 1.20 bits per heavy atom. The quantitative estimate of drug-likeness (QED) is 0.770. The zero-order valence-corrected chi connectivity index (χ0v) is 13.3. The fourth-order valence-electron chi connectivity index (χ4n) is 3.12. The highest BCUT2D eigenvalue weighted by Crippen LogP contribution is 2.22. The van der Waals surface area contributed by atoms with Gasteiger partial charge < -0.3 is 15.2 Å². The van der Waals surface area contributed by atoms with Crippen LogP contribution in [0.2, 0.25) is 0 Å². The number of hydrogen-bond acceptors (Lipinski definition) is 2. The van der Waals surface area contributed by atoms with E-state index >= 15 is 0 Å². The molecule has 0 spiro atoms. The lowest BCUT2D eigenvalue weighted by Gasteiger charge is -2.25. The van der Waals surface area contributed by atoms with Crippen LogP contribution in [0.3, 0.4) is 0 Å². The molecule has 1 aliphatic rings. The first kappa shape index (κ1) is 15.4. The summed E-state index contributed by atoms with van der Waals surface area (Å²) in [6.45, 7) is 0.661. The fraction of sp³-hybridized carbons (Fsp3) is 0.158. The molecule has 4 rings (SSSR count). The van der Waals surface area contributed by atoms with Crippen LogP contribution >= 0.6 is 0 Å². The maximum Gasteiger partial charge on any atom is 0.268 e. The maximum absolute atomic E-state index is 12.9. The maximum atomic E-state index is 12.9. The van der Waals surface area contributed by atoms with E-state index in [1.165, 1.54) is 12.1 Å². The minimum Gasteiger partial charge on any atom is -0.350 e. The Morgan fingerprint density at radius 2 is 1.96 bits per heavy atom. The first-order valence-corrected chi connectivity index (χ1v) is 8.03. The van der Waals surface area contributed by atoms with Crippen molar-refractivity contribution in [1.29, 1.82) is 0 Å². The number of nitrogens with zero attached hydrogens (tertiary/aromatic N) is 1. The van der Waals surface area contributed by atoms with E-state index in [-0.39, 0.29) is 24.2 Å². The van der Waals surface area contributed by atoms with Gasteiger partial charge in [-0.25, -0.2) is 4.39 Å². The molecule has 0 aliphatic carbocycles. The Labute approximate surface area is 143 Å². The molecule has 1 aliphatic heterocycles. The van der Waals surface area contributed by atoms with E-state index in [1.807, 2.05) is 34.9 Å². The SMILES string of the molecule is O=C1N[C@H](C(=O)NCc2ccc(F)cc2)Cn2c1cc1ccccc12. The van der Waals surface area contributed by atoms with Gasteiger partial charge in [0.25, 0.3) is 5.91 Å². The first-order valence-electron chi connectivity index (χ1n) is 8.03. The molecule has 126 valence electrons. The number of carbonyl (C=O) groups excluding carboxylic acids is 2. The average molecular weight is 337 g/mol. The van der Waals surface area contributed by atoms with Crippen LogP contribution in [0.1, 0.15) is 16.1 Å². The standard InChI is InChI=1S/C19H16FN3O2/c20-14-7-5-12(6-8-14)10-21-18(24)15-11-23-16-4-2-1-3-13(16)9-17(23)19(25)22-15/h1-9,15H,10-11H2,(H,21,24)(H,22,25)/t15-/m0/s1. The molecule has 25 heavy (non-hydrogen) atoms. The summed E-state index contributed by atoms with van der Waals surface area (Å²) in [4.78, 5) is 24.8. The van der Waals surface area contributed by atoms with Crippen molar-refractivity contribution in [1.82, 2.24) is 15.2 Å². The Balaban J connectivity index is 1.51. The van der Waals surface area contributed by atoms with Crippen LogP contribution in [0.5, 0.6) is 0 Å². The number of carbonyl (C=O) groups is 2. The predicted molar refractivity (Wildman–Crippen MR) is 91.4 cm³/mol. The summed E-state index contributed by atoms with van der Waals surface area (Å²) >= 11 is 0. The van der Waals surface area contributed by atoms with Crippen LogP contribution in [-0.2, 0) is 17.9 Å². The van der Waals surface area contributed by atoms with Crippen molar-refractivity contribution >= 4 is 22.7 Å². The molecule has 0 saturated heterocycles. The third-order valence-corrected chi connectivity index (χ3v) is 4.41. The number of hydrogen-bond donors (Lipinski definition) is 2. The zero-order valence-electron chi connectivity index (χ0n) is 13.3. The largest absolute Gasteiger partial charge is 0.350 e. The molecule has 1 aromatic heterocycles. The topological polar surface area (TPSA) is 63.1 Å². The van der Waals surface area contributed by atoms with Crippen molar-refractivity contribution in [2.24, 2.45) is 0 Å². The van der Waals surface area contributed by atoms with E-state index in [4.69, 9.17) is 0 Å². The van der Waals surface area contributed by atoms with E-state index in [0.29, 0.717) is 12.2 Å². The number of fused-ring (bicyclic) bond motifs is 3. The third kappa shape index (κ3) is 2.87. The van der Waals surface area contributed by atoms with Crippen molar-refractivity contribution in [2.75, 3.05) is 0 Å². The molecular formula is C19H16FN3O2. The smallest absolute Gasteiger partial charge is 0.268 e. The molecule has 0 unspecified atom stereocenters. The van der Waals surface area contributed by atoms with E-state index in [2.05, 4.69) is 10.6 Å². The van der Waals surface area contributed by atoms with Crippen LogP contribution < -0.4 is 10.6 Å². The van der Waals surface area contributed by atoms with Crippen molar-refractivity contribution < 1.29 is 14.0 Å². The third-order valence-electron chi connectivity index (χ3n) is 4.41. The molecule has 2 amide bonds. The fourth-order valence-corrected chi connectivity index (χ4v) is 3.12. The van der Waals surface area contributed by atoms with E-state index in [0.717, 1.165) is 16.5 Å². The Hall–Kier alpha value is -3.15. The van der Waals surface area contributed by atoms with Gasteiger partial charge in [-0.1, -0.05) is 30.3 Å². The molecule has 0 radical (unpaired) electrons. The van der Waals surface area contributed by atoms with Crippen molar-refractivity contribution in [3.63, 3.8) is 0 Å². The van der Waals surface area contributed by atoms with E-state index in [1.54, 1.807) is 12.1 Å². The molecule has 1 atom stereocenters. The minimum absolute atomic E-state index is 0.260. The number of rotatable bonds is 3. The van der Waals surface area contributed by atoms with Crippen LogP contribution in [-0.4, -0.2) is 22.4 Å². The van der Waals surface area contributed by atoms with Crippen molar-refractivity contribution in [3.05, 3.63) is 71.7 Å². The number of aromatic nitrogens is 1. The molecule has 5 nitrogen and oxygen atoms in total. The summed E-state index contributed by atoms with van der Waals surface area (Å²) in [6.07, 6.45) is 0. The Kier molecular flexibility index (Phi) is 3.72. The normalized spacial score (nSPS) is 16.4. The van der Waals surface area contributed by atoms with Gasteiger partial charge in [0.05, 0.1) is 6.54 Å². The van der Waals surface area contributed by atoms with Crippen molar-refractivity contribution in [2.45, 2.75) is 19.1 Å². The highest BCUT2D eigenvalue weighted by Gasteiger charge is 2.30. The molecule has 0 fully saturated rings. The van der Waals surface area contributed by atoms with Gasteiger partial charge in [-0.05, 0) is 29.8 Å². The van der Waals surface area contributed by atoms with Gasteiger partial charge in [0.15, 0.2) is 0 Å². The summed E-state index contributed by atoms with van der Waals surface area (Å²) in [5.74, 6) is -0.841. The number of nitrogens with one attached hydrogen (secondary N) is 2. The van der Waals surface area contributed by atoms with Crippen LogP contribution in [0.4, 0.5) is 4.39 Å². The second-order valence-corrected chi connectivity index (χ2v) is 6.07. The monoisotopic (exact) mass is 337 g/mol. The van der Waals surface area contributed by atoms with E-state index < -0.39 is 6.04 Å². The summed E-state index contributed by atoms with van der Waals surface area (Å²) in [5, 5.41) is 6.51. The van der Waals surface area contributed by atoms with Gasteiger partial charge in [0.2, 0.25) is 5.91 Å². The number of amides is 2. The predicted octanol–water partition coefficient (Wildman–Crippen LogP) is 2.21. The first-order chi connectivity index (χ1) is 12.1. The molecule has 2 heterocycles. The molecule has 3 aromatic rings. The highest BCUT2D eigenvalue weighted by molar-refractivity contribution is 6.02.